The van der Waals surface area contributed by atoms with Gasteiger partial charge in [-0.05, 0) is 37.1 Å². The highest BCUT2D eigenvalue weighted by atomic mass is 19.1. The van der Waals surface area contributed by atoms with Gasteiger partial charge in [0.05, 0.1) is 0 Å². The Labute approximate surface area is 95.9 Å². The largest absolute Gasteiger partial charge is 0.326 e. The van der Waals surface area contributed by atoms with Crippen molar-refractivity contribution in [3.05, 3.63) is 30.1 Å². The second kappa shape index (κ2) is 6.26. The van der Waals surface area contributed by atoms with Gasteiger partial charge in [0.25, 0.3) is 0 Å². The molecule has 0 heterocycles. The van der Waals surface area contributed by atoms with Gasteiger partial charge in [-0.1, -0.05) is 20.3 Å². The highest BCUT2D eigenvalue weighted by Crippen LogP contribution is 2.15. The fourth-order valence-electron chi connectivity index (χ4n) is 1.65. The van der Waals surface area contributed by atoms with Crippen LogP contribution >= 0.6 is 0 Å². The lowest BCUT2D eigenvalue weighted by Gasteiger charge is -2.13. The average Bonchev–Trinajstić information content (AvgIpc) is 2.29. The molecule has 0 saturated carbocycles. The van der Waals surface area contributed by atoms with E-state index in [2.05, 4.69) is 12.2 Å². The summed E-state index contributed by atoms with van der Waals surface area (Å²) in [4.78, 5) is 11.8. The molecular weight excluding hydrogens is 205 g/mol. The molecule has 0 aliphatic rings. The summed E-state index contributed by atoms with van der Waals surface area (Å²) in [6.45, 7) is 4.07. The summed E-state index contributed by atoms with van der Waals surface area (Å²) < 4.78 is 12.7. The van der Waals surface area contributed by atoms with Crippen molar-refractivity contribution < 1.29 is 9.18 Å². The number of carbonyl (C=O) groups is 1. The van der Waals surface area contributed by atoms with E-state index in [9.17, 15) is 9.18 Å². The summed E-state index contributed by atoms with van der Waals surface area (Å²) in [5.41, 5.74) is 0.654. The van der Waals surface area contributed by atoms with Gasteiger partial charge < -0.3 is 5.32 Å². The second-order valence-electron chi connectivity index (χ2n) is 3.89. The van der Waals surface area contributed by atoms with Crippen molar-refractivity contribution in [2.75, 3.05) is 5.32 Å². The zero-order valence-electron chi connectivity index (χ0n) is 9.79. The van der Waals surface area contributed by atoms with Crippen LogP contribution in [0.25, 0.3) is 0 Å². The Bertz CT molecular complexity index is 334. The van der Waals surface area contributed by atoms with Gasteiger partial charge in [0.2, 0.25) is 5.91 Å². The number of carbonyl (C=O) groups excluding carboxylic acids is 1. The van der Waals surface area contributed by atoms with E-state index in [0.717, 1.165) is 19.3 Å². The van der Waals surface area contributed by atoms with Crippen molar-refractivity contribution in [1.29, 1.82) is 0 Å². The Hall–Kier alpha value is -1.38. The molecule has 2 nitrogen and oxygen atoms in total. The van der Waals surface area contributed by atoms with Crippen LogP contribution < -0.4 is 5.32 Å². The first-order chi connectivity index (χ1) is 7.67. The Balaban J connectivity index is 2.59. The van der Waals surface area contributed by atoms with E-state index in [1.165, 1.54) is 12.1 Å². The van der Waals surface area contributed by atoms with Crippen LogP contribution in [0, 0.1) is 11.7 Å². The van der Waals surface area contributed by atoms with Crippen molar-refractivity contribution in [1.82, 2.24) is 0 Å². The fraction of sp³-hybridized carbons (Fsp3) is 0.462. The molecule has 1 N–H and O–H groups in total. The average molecular weight is 223 g/mol. The number of hydrogen-bond acceptors (Lipinski definition) is 1. The Morgan fingerprint density at radius 2 is 1.94 bits per heavy atom. The predicted octanol–water partition coefficient (Wildman–Crippen LogP) is 3.59. The van der Waals surface area contributed by atoms with Gasteiger partial charge in [0.15, 0.2) is 0 Å². The first kappa shape index (κ1) is 12.7. The maximum absolute atomic E-state index is 12.7. The molecule has 0 aliphatic heterocycles. The van der Waals surface area contributed by atoms with Gasteiger partial charge in [0, 0.05) is 11.6 Å². The van der Waals surface area contributed by atoms with Gasteiger partial charge in [-0.25, -0.2) is 4.39 Å². The van der Waals surface area contributed by atoms with Crippen molar-refractivity contribution in [3.63, 3.8) is 0 Å². The topological polar surface area (TPSA) is 29.1 Å². The Morgan fingerprint density at radius 3 is 2.44 bits per heavy atom. The second-order valence-corrected chi connectivity index (χ2v) is 3.89. The molecule has 88 valence electrons. The summed E-state index contributed by atoms with van der Waals surface area (Å²) >= 11 is 0. The zero-order valence-corrected chi connectivity index (χ0v) is 9.79. The standard InChI is InChI=1S/C13H18FNO/c1-3-5-10(4-2)13(16)15-12-8-6-11(14)7-9-12/h6-10H,3-5H2,1-2H3,(H,15,16). The molecule has 0 saturated heterocycles. The fourth-order valence-corrected chi connectivity index (χ4v) is 1.65. The van der Waals surface area contributed by atoms with Crippen molar-refractivity contribution in [3.8, 4) is 0 Å². The highest BCUT2D eigenvalue weighted by molar-refractivity contribution is 5.92. The van der Waals surface area contributed by atoms with E-state index in [1.807, 2.05) is 6.92 Å². The van der Waals surface area contributed by atoms with E-state index in [-0.39, 0.29) is 17.6 Å². The molecule has 1 unspecified atom stereocenters. The van der Waals surface area contributed by atoms with E-state index >= 15 is 0 Å². The van der Waals surface area contributed by atoms with E-state index < -0.39 is 0 Å². The maximum Gasteiger partial charge on any atom is 0.227 e. The summed E-state index contributed by atoms with van der Waals surface area (Å²) in [5.74, 6) is -0.218. The minimum Gasteiger partial charge on any atom is -0.326 e. The SMILES string of the molecule is CCCC(CC)C(=O)Nc1ccc(F)cc1. The molecule has 1 aromatic carbocycles. The number of rotatable bonds is 5. The molecule has 1 aromatic rings. The lowest BCUT2D eigenvalue weighted by Crippen LogP contribution is -2.22. The van der Waals surface area contributed by atoms with Gasteiger partial charge >= 0.3 is 0 Å². The van der Waals surface area contributed by atoms with Crippen LogP contribution in [0.4, 0.5) is 10.1 Å². The van der Waals surface area contributed by atoms with Crippen LogP contribution in [0.5, 0.6) is 0 Å². The molecule has 0 aliphatic carbocycles. The third-order valence-electron chi connectivity index (χ3n) is 2.61. The van der Waals surface area contributed by atoms with Crippen molar-refractivity contribution in [2.45, 2.75) is 33.1 Å². The molecule has 0 aromatic heterocycles. The summed E-state index contributed by atoms with van der Waals surface area (Å²) in [5, 5.41) is 2.80. The van der Waals surface area contributed by atoms with Crippen LogP contribution in [0.15, 0.2) is 24.3 Å². The van der Waals surface area contributed by atoms with E-state index in [0.29, 0.717) is 5.69 Å². The van der Waals surface area contributed by atoms with Crippen molar-refractivity contribution >= 4 is 11.6 Å². The summed E-state index contributed by atoms with van der Waals surface area (Å²) in [6, 6.07) is 5.84. The first-order valence-corrected chi connectivity index (χ1v) is 5.73. The molecule has 0 bridgehead atoms. The van der Waals surface area contributed by atoms with Crippen LogP contribution in [-0.4, -0.2) is 5.91 Å². The summed E-state index contributed by atoms with van der Waals surface area (Å²) in [7, 11) is 0. The summed E-state index contributed by atoms with van der Waals surface area (Å²) in [6.07, 6.45) is 2.72. The molecule has 0 fully saturated rings. The van der Waals surface area contributed by atoms with E-state index in [4.69, 9.17) is 0 Å². The maximum atomic E-state index is 12.7. The minimum absolute atomic E-state index is 0.0240. The monoisotopic (exact) mass is 223 g/mol. The van der Waals surface area contributed by atoms with Crippen molar-refractivity contribution in [2.24, 2.45) is 5.92 Å². The third kappa shape index (κ3) is 3.65. The molecule has 0 radical (unpaired) electrons. The van der Waals surface area contributed by atoms with Crippen LogP contribution in [0.3, 0.4) is 0 Å². The molecule has 1 atom stereocenters. The van der Waals surface area contributed by atoms with Crippen LogP contribution in [-0.2, 0) is 4.79 Å². The number of amides is 1. The highest BCUT2D eigenvalue weighted by Gasteiger charge is 2.15. The van der Waals surface area contributed by atoms with Crippen LogP contribution in [0.1, 0.15) is 33.1 Å². The quantitative estimate of drug-likeness (QED) is 0.812. The van der Waals surface area contributed by atoms with Gasteiger partial charge in [-0.3, -0.25) is 4.79 Å². The predicted molar refractivity (Wildman–Crippen MR) is 63.7 cm³/mol. The first-order valence-electron chi connectivity index (χ1n) is 5.73. The molecule has 1 amide bonds. The Morgan fingerprint density at radius 1 is 1.31 bits per heavy atom. The van der Waals surface area contributed by atoms with Crippen LogP contribution in [0.2, 0.25) is 0 Å². The Kier molecular flexibility index (Phi) is 4.96. The molecular formula is C13H18FNO. The zero-order chi connectivity index (χ0) is 12.0. The molecule has 0 spiro atoms. The minimum atomic E-state index is -0.293. The van der Waals surface area contributed by atoms with Gasteiger partial charge in [-0.2, -0.15) is 0 Å². The van der Waals surface area contributed by atoms with Gasteiger partial charge in [0.1, 0.15) is 5.82 Å². The number of hydrogen-bond donors (Lipinski definition) is 1. The molecule has 1 rings (SSSR count). The van der Waals surface area contributed by atoms with Gasteiger partial charge in [-0.15, -0.1) is 0 Å². The normalized spacial score (nSPS) is 12.2. The number of benzene rings is 1. The number of nitrogens with one attached hydrogen (secondary N) is 1. The smallest absolute Gasteiger partial charge is 0.227 e. The third-order valence-corrected chi connectivity index (χ3v) is 2.61. The number of halogens is 1. The lowest BCUT2D eigenvalue weighted by molar-refractivity contribution is -0.120. The molecule has 3 heteroatoms. The number of anilines is 1. The van der Waals surface area contributed by atoms with E-state index in [1.54, 1.807) is 12.1 Å². The lowest BCUT2D eigenvalue weighted by atomic mass is 10.00. The molecule has 16 heavy (non-hydrogen) atoms.